The predicted octanol–water partition coefficient (Wildman–Crippen LogP) is 2.21. The number of rotatable bonds is 3. The number of nitrogens with zero attached hydrogens (tertiary/aromatic N) is 1. The number of piperidine rings is 1. The molecule has 0 aliphatic carbocycles. The molecule has 1 fully saturated rings. The van der Waals surface area contributed by atoms with Crippen molar-refractivity contribution < 1.29 is 4.79 Å². The van der Waals surface area contributed by atoms with Gasteiger partial charge in [0, 0.05) is 13.1 Å². The fourth-order valence-corrected chi connectivity index (χ4v) is 2.52. The molecule has 1 saturated heterocycles. The van der Waals surface area contributed by atoms with Crippen LogP contribution in [-0.4, -0.2) is 29.9 Å². The molecule has 0 radical (unpaired) electrons. The van der Waals surface area contributed by atoms with E-state index in [1.54, 1.807) is 0 Å². The summed E-state index contributed by atoms with van der Waals surface area (Å²) in [6.45, 7) is 6.21. The first-order valence-electron chi connectivity index (χ1n) is 7.06. The highest BCUT2D eigenvalue weighted by atomic mass is 16.2. The Balaban J connectivity index is 1.89. The third-order valence-corrected chi connectivity index (χ3v) is 4.04. The molecule has 2 rings (SSSR count). The molecule has 1 amide bonds. The SMILES string of the molecule is CC1(C)CCN(C(=O)[C@H](N)Cc2ccccc2)CC1. The lowest BCUT2D eigenvalue weighted by molar-refractivity contribution is -0.134. The zero-order valence-electron chi connectivity index (χ0n) is 11.9. The third kappa shape index (κ3) is 3.80. The van der Waals surface area contributed by atoms with Gasteiger partial charge in [-0.05, 0) is 30.2 Å². The number of hydrogen-bond acceptors (Lipinski definition) is 2. The second-order valence-electron chi connectivity index (χ2n) is 6.29. The first-order valence-corrected chi connectivity index (χ1v) is 7.06. The number of carbonyl (C=O) groups excluding carboxylic acids is 1. The molecular formula is C16H24N2O. The topological polar surface area (TPSA) is 46.3 Å². The average molecular weight is 260 g/mol. The summed E-state index contributed by atoms with van der Waals surface area (Å²) in [4.78, 5) is 14.2. The maximum absolute atomic E-state index is 12.3. The van der Waals surface area contributed by atoms with Crippen LogP contribution in [0.4, 0.5) is 0 Å². The molecule has 104 valence electrons. The Morgan fingerprint density at radius 1 is 1.26 bits per heavy atom. The summed E-state index contributed by atoms with van der Waals surface area (Å²) in [5.74, 6) is 0.0966. The Morgan fingerprint density at radius 3 is 2.42 bits per heavy atom. The van der Waals surface area contributed by atoms with Crippen LogP contribution in [0.1, 0.15) is 32.3 Å². The maximum atomic E-state index is 12.3. The maximum Gasteiger partial charge on any atom is 0.239 e. The molecule has 1 aliphatic rings. The average Bonchev–Trinajstić information content (AvgIpc) is 2.39. The number of amides is 1. The van der Waals surface area contributed by atoms with Gasteiger partial charge < -0.3 is 10.6 Å². The largest absolute Gasteiger partial charge is 0.341 e. The van der Waals surface area contributed by atoms with Gasteiger partial charge in [0.2, 0.25) is 5.91 Å². The minimum absolute atomic E-state index is 0.0966. The molecule has 1 aromatic rings. The van der Waals surface area contributed by atoms with Crippen LogP contribution in [0.5, 0.6) is 0 Å². The van der Waals surface area contributed by atoms with Crippen molar-refractivity contribution in [1.29, 1.82) is 0 Å². The van der Waals surface area contributed by atoms with Crippen LogP contribution in [0.15, 0.2) is 30.3 Å². The van der Waals surface area contributed by atoms with Crippen LogP contribution >= 0.6 is 0 Å². The lowest BCUT2D eigenvalue weighted by Gasteiger charge is -2.37. The number of benzene rings is 1. The van der Waals surface area contributed by atoms with Crippen molar-refractivity contribution >= 4 is 5.91 Å². The fraction of sp³-hybridized carbons (Fsp3) is 0.562. The zero-order chi connectivity index (χ0) is 13.9. The molecule has 0 aromatic heterocycles. The smallest absolute Gasteiger partial charge is 0.239 e. The quantitative estimate of drug-likeness (QED) is 0.905. The van der Waals surface area contributed by atoms with Crippen LogP contribution in [0.2, 0.25) is 0 Å². The fourth-order valence-electron chi connectivity index (χ4n) is 2.52. The van der Waals surface area contributed by atoms with Gasteiger partial charge >= 0.3 is 0 Å². The monoisotopic (exact) mass is 260 g/mol. The van der Waals surface area contributed by atoms with Crippen molar-refractivity contribution in [2.24, 2.45) is 11.1 Å². The highest BCUT2D eigenvalue weighted by Crippen LogP contribution is 2.29. The normalized spacial score (nSPS) is 20.1. The molecule has 3 heteroatoms. The molecule has 1 aromatic carbocycles. The van der Waals surface area contributed by atoms with E-state index >= 15 is 0 Å². The number of nitrogens with two attached hydrogens (primary N) is 1. The number of likely N-dealkylation sites (tertiary alicyclic amines) is 1. The summed E-state index contributed by atoms with van der Waals surface area (Å²) < 4.78 is 0. The van der Waals surface area contributed by atoms with Crippen LogP contribution in [0, 0.1) is 5.41 Å². The van der Waals surface area contributed by atoms with Crippen molar-refractivity contribution in [2.45, 2.75) is 39.2 Å². The number of hydrogen-bond donors (Lipinski definition) is 1. The summed E-state index contributed by atoms with van der Waals surface area (Å²) in [5, 5.41) is 0. The Hall–Kier alpha value is -1.35. The van der Waals surface area contributed by atoms with Crippen LogP contribution < -0.4 is 5.73 Å². The van der Waals surface area contributed by atoms with Gasteiger partial charge in [-0.2, -0.15) is 0 Å². The van der Waals surface area contributed by atoms with Crippen molar-refractivity contribution in [1.82, 2.24) is 4.90 Å². The zero-order valence-corrected chi connectivity index (χ0v) is 11.9. The minimum atomic E-state index is -0.413. The van der Waals surface area contributed by atoms with Gasteiger partial charge in [-0.1, -0.05) is 44.2 Å². The molecule has 1 aliphatic heterocycles. The minimum Gasteiger partial charge on any atom is -0.341 e. The van der Waals surface area contributed by atoms with Crippen LogP contribution in [-0.2, 0) is 11.2 Å². The van der Waals surface area contributed by atoms with E-state index in [0.29, 0.717) is 11.8 Å². The van der Waals surface area contributed by atoms with E-state index in [0.717, 1.165) is 31.5 Å². The molecule has 0 saturated carbocycles. The third-order valence-electron chi connectivity index (χ3n) is 4.04. The van der Waals surface area contributed by atoms with Gasteiger partial charge in [-0.3, -0.25) is 4.79 Å². The summed E-state index contributed by atoms with van der Waals surface area (Å²) in [6.07, 6.45) is 2.76. The molecule has 1 heterocycles. The van der Waals surface area contributed by atoms with Crippen molar-refractivity contribution in [3.63, 3.8) is 0 Å². The van der Waals surface area contributed by atoms with Crippen LogP contribution in [0.25, 0.3) is 0 Å². The first kappa shape index (κ1) is 14.1. The van der Waals surface area contributed by atoms with Gasteiger partial charge in [-0.15, -0.1) is 0 Å². The molecule has 0 unspecified atom stereocenters. The van der Waals surface area contributed by atoms with Crippen molar-refractivity contribution in [2.75, 3.05) is 13.1 Å². The predicted molar refractivity (Wildman–Crippen MR) is 77.7 cm³/mol. The van der Waals surface area contributed by atoms with E-state index < -0.39 is 6.04 Å². The van der Waals surface area contributed by atoms with E-state index in [9.17, 15) is 4.79 Å². The molecule has 0 bridgehead atoms. The summed E-state index contributed by atoms with van der Waals surface area (Å²) in [7, 11) is 0. The lowest BCUT2D eigenvalue weighted by Crippen LogP contribution is -2.49. The molecule has 3 nitrogen and oxygen atoms in total. The lowest BCUT2D eigenvalue weighted by atomic mass is 9.82. The first-order chi connectivity index (χ1) is 8.98. The second-order valence-corrected chi connectivity index (χ2v) is 6.29. The summed E-state index contributed by atoms with van der Waals surface area (Å²) in [5.41, 5.74) is 7.54. The Kier molecular flexibility index (Phi) is 4.25. The standard InChI is InChI=1S/C16H24N2O/c1-16(2)8-10-18(11-9-16)15(19)14(17)12-13-6-4-3-5-7-13/h3-7,14H,8-12,17H2,1-2H3/t14-/m1/s1. The van der Waals surface area contributed by atoms with Gasteiger partial charge in [0.25, 0.3) is 0 Å². The highest BCUT2D eigenvalue weighted by Gasteiger charge is 2.29. The molecular weight excluding hydrogens is 236 g/mol. The van der Waals surface area contributed by atoms with Crippen molar-refractivity contribution in [3.05, 3.63) is 35.9 Å². The van der Waals surface area contributed by atoms with E-state index in [1.807, 2.05) is 35.2 Å². The molecule has 1 atom stereocenters. The Labute approximate surface area is 115 Å². The van der Waals surface area contributed by atoms with E-state index in [4.69, 9.17) is 5.73 Å². The van der Waals surface area contributed by atoms with E-state index in [2.05, 4.69) is 13.8 Å². The van der Waals surface area contributed by atoms with E-state index in [-0.39, 0.29) is 5.91 Å². The Bertz CT molecular complexity index is 418. The van der Waals surface area contributed by atoms with Crippen LogP contribution in [0.3, 0.4) is 0 Å². The molecule has 0 spiro atoms. The summed E-state index contributed by atoms with van der Waals surface area (Å²) in [6, 6.07) is 9.57. The second kappa shape index (κ2) is 5.74. The Morgan fingerprint density at radius 2 is 1.84 bits per heavy atom. The van der Waals surface area contributed by atoms with E-state index in [1.165, 1.54) is 0 Å². The molecule has 2 N–H and O–H groups in total. The molecule has 19 heavy (non-hydrogen) atoms. The van der Waals surface area contributed by atoms with Gasteiger partial charge in [-0.25, -0.2) is 0 Å². The van der Waals surface area contributed by atoms with Crippen molar-refractivity contribution in [3.8, 4) is 0 Å². The number of carbonyl (C=O) groups is 1. The van der Waals surface area contributed by atoms with Gasteiger partial charge in [0.15, 0.2) is 0 Å². The van der Waals surface area contributed by atoms with Gasteiger partial charge in [0.1, 0.15) is 0 Å². The summed E-state index contributed by atoms with van der Waals surface area (Å²) >= 11 is 0. The highest BCUT2D eigenvalue weighted by molar-refractivity contribution is 5.82. The van der Waals surface area contributed by atoms with Gasteiger partial charge in [0.05, 0.1) is 6.04 Å².